The highest BCUT2D eigenvalue weighted by molar-refractivity contribution is 5.97. The molecular weight excluding hydrogens is 508 g/mol. The molecule has 0 bridgehead atoms. The first-order valence-corrected chi connectivity index (χ1v) is 13.3. The molecule has 0 aliphatic heterocycles. The monoisotopic (exact) mass is 542 g/mol. The Hall–Kier alpha value is -4.66. The molecule has 0 aliphatic rings. The number of hydrogen-bond acceptors (Lipinski definition) is 5. The number of ether oxygens (including phenoxy) is 1. The van der Waals surface area contributed by atoms with Crippen molar-refractivity contribution in [3.05, 3.63) is 78.1 Å². The number of aromatic carboxylic acids is 1. The van der Waals surface area contributed by atoms with E-state index >= 15 is 0 Å². The molecule has 2 heterocycles. The third-order valence-electron chi connectivity index (χ3n) is 6.16. The van der Waals surface area contributed by atoms with E-state index in [1.54, 1.807) is 39.1 Å². The molecule has 0 unspecified atom stereocenters. The van der Waals surface area contributed by atoms with Gasteiger partial charge in [-0.15, -0.1) is 0 Å². The van der Waals surface area contributed by atoms with E-state index in [2.05, 4.69) is 15.6 Å². The predicted octanol–water partition coefficient (Wildman–Crippen LogP) is 6.20. The molecule has 9 heteroatoms. The Morgan fingerprint density at radius 1 is 1.05 bits per heavy atom. The number of anilines is 1. The normalized spacial score (nSPS) is 11.3. The van der Waals surface area contributed by atoms with Crippen LogP contribution in [0, 0.1) is 0 Å². The molecule has 9 nitrogen and oxygen atoms in total. The van der Waals surface area contributed by atoms with Gasteiger partial charge in [-0.2, -0.15) is 0 Å². The predicted molar refractivity (Wildman–Crippen MR) is 155 cm³/mol. The first-order valence-electron chi connectivity index (χ1n) is 13.3. The van der Waals surface area contributed by atoms with Crippen LogP contribution in [-0.4, -0.2) is 44.8 Å². The number of amides is 2. The van der Waals surface area contributed by atoms with E-state index in [-0.39, 0.29) is 18.9 Å². The molecule has 0 fully saturated rings. The molecule has 2 aromatic carbocycles. The van der Waals surface area contributed by atoms with Crippen LogP contribution in [-0.2, 0) is 16.0 Å². The minimum Gasteiger partial charge on any atom is -0.478 e. The topological polar surface area (TPSA) is 123 Å². The third-order valence-corrected chi connectivity index (χ3v) is 6.16. The summed E-state index contributed by atoms with van der Waals surface area (Å²) in [6.45, 7) is 7.50. The zero-order valence-electron chi connectivity index (χ0n) is 23.2. The van der Waals surface area contributed by atoms with Crippen LogP contribution in [0.5, 0.6) is 0 Å². The Labute approximate surface area is 233 Å². The summed E-state index contributed by atoms with van der Waals surface area (Å²) in [5.74, 6) is -1.18. The van der Waals surface area contributed by atoms with Crippen LogP contribution in [0.15, 0.2) is 67.0 Å². The van der Waals surface area contributed by atoms with Gasteiger partial charge in [0.15, 0.2) is 0 Å². The number of aromatic nitrogens is 2. The minimum atomic E-state index is -0.932. The quantitative estimate of drug-likeness (QED) is 0.232. The number of rotatable bonds is 9. The molecule has 3 N–H and O–H groups in total. The van der Waals surface area contributed by atoms with Gasteiger partial charge in [-0.25, -0.2) is 14.6 Å². The van der Waals surface area contributed by atoms with E-state index in [1.165, 1.54) is 0 Å². The number of benzene rings is 2. The maximum absolute atomic E-state index is 12.5. The summed E-state index contributed by atoms with van der Waals surface area (Å²) in [6, 6.07) is 16.7. The molecule has 4 aromatic rings. The Kier molecular flexibility index (Phi) is 8.52. The molecule has 4 rings (SSSR count). The van der Waals surface area contributed by atoms with E-state index in [9.17, 15) is 19.5 Å². The van der Waals surface area contributed by atoms with Crippen LogP contribution < -0.4 is 10.6 Å². The summed E-state index contributed by atoms with van der Waals surface area (Å²) in [5, 5.41) is 16.0. The fourth-order valence-corrected chi connectivity index (χ4v) is 4.48. The molecule has 0 radical (unpaired) electrons. The van der Waals surface area contributed by atoms with Crippen molar-refractivity contribution in [1.29, 1.82) is 0 Å². The molecule has 0 aliphatic carbocycles. The summed E-state index contributed by atoms with van der Waals surface area (Å²) < 4.78 is 7.14. The van der Waals surface area contributed by atoms with Gasteiger partial charge in [0, 0.05) is 47.7 Å². The number of alkyl carbamates (subject to hydrolysis) is 1. The molecule has 2 amide bonds. The van der Waals surface area contributed by atoms with Crippen molar-refractivity contribution in [3.8, 4) is 16.8 Å². The molecule has 0 saturated carbocycles. The zero-order chi connectivity index (χ0) is 28.9. The Balaban J connectivity index is 1.57. The first kappa shape index (κ1) is 28.4. The second-order valence-corrected chi connectivity index (χ2v) is 10.5. The average molecular weight is 543 g/mol. The van der Waals surface area contributed by atoms with Gasteiger partial charge in [0.2, 0.25) is 5.91 Å². The van der Waals surface area contributed by atoms with Gasteiger partial charge >= 0.3 is 12.1 Å². The van der Waals surface area contributed by atoms with Crippen molar-refractivity contribution >= 4 is 34.7 Å². The van der Waals surface area contributed by atoms with Gasteiger partial charge in [0.1, 0.15) is 11.2 Å². The van der Waals surface area contributed by atoms with Gasteiger partial charge in [-0.1, -0.05) is 31.5 Å². The van der Waals surface area contributed by atoms with Crippen LogP contribution >= 0.6 is 0 Å². The number of carboxylic acid groups (broad SMARTS) is 1. The highest BCUT2D eigenvalue weighted by Gasteiger charge is 2.17. The zero-order valence-corrected chi connectivity index (χ0v) is 23.2. The van der Waals surface area contributed by atoms with E-state index < -0.39 is 17.7 Å². The second-order valence-electron chi connectivity index (χ2n) is 10.5. The summed E-state index contributed by atoms with van der Waals surface area (Å²) >= 11 is 0. The van der Waals surface area contributed by atoms with Crippen LogP contribution in [0.25, 0.3) is 27.8 Å². The average Bonchev–Trinajstić information content (AvgIpc) is 3.28. The van der Waals surface area contributed by atoms with Crippen molar-refractivity contribution in [2.24, 2.45) is 0 Å². The number of hydrogen-bond donors (Lipinski definition) is 3. The second kappa shape index (κ2) is 12.0. The molecule has 208 valence electrons. The number of pyridine rings is 1. The van der Waals surface area contributed by atoms with Crippen molar-refractivity contribution in [2.45, 2.75) is 52.6 Å². The van der Waals surface area contributed by atoms with E-state index in [4.69, 9.17) is 4.74 Å². The van der Waals surface area contributed by atoms with Gasteiger partial charge in [0.25, 0.3) is 0 Å². The highest BCUT2D eigenvalue weighted by atomic mass is 16.6. The van der Waals surface area contributed by atoms with Crippen molar-refractivity contribution in [2.75, 3.05) is 11.9 Å². The summed E-state index contributed by atoms with van der Waals surface area (Å²) in [4.78, 5) is 40.7. The largest absolute Gasteiger partial charge is 0.478 e. The smallest absolute Gasteiger partial charge is 0.407 e. The van der Waals surface area contributed by atoms with Crippen LogP contribution in [0.4, 0.5) is 10.5 Å². The molecule has 0 saturated heterocycles. The number of carbonyl (C=O) groups is 3. The first-order chi connectivity index (χ1) is 19.1. The number of nitrogens with one attached hydrogen (secondary N) is 2. The summed E-state index contributed by atoms with van der Waals surface area (Å²) in [6.07, 6.45) is 4.74. The van der Waals surface area contributed by atoms with Crippen molar-refractivity contribution in [1.82, 2.24) is 14.9 Å². The summed E-state index contributed by atoms with van der Waals surface area (Å²) in [5.41, 5.74) is 4.49. The maximum atomic E-state index is 12.5. The summed E-state index contributed by atoms with van der Waals surface area (Å²) in [7, 11) is 0. The van der Waals surface area contributed by atoms with Gasteiger partial charge in [-0.3, -0.25) is 4.79 Å². The third kappa shape index (κ3) is 6.85. The fourth-order valence-electron chi connectivity index (χ4n) is 4.48. The minimum absolute atomic E-state index is 0.0913. The molecule has 2 aromatic heterocycles. The van der Waals surface area contributed by atoms with Crippen molar-refractivity contribution < 1.29 is 24.2 Å². The lowest BCUT2D eigenvalue weighted by Gasteiger charge is -2.19. The molecule has 0 spiro atoms. The highest BCUT2D eigenvalue weighted by Crippen LogP contribution is 2.33. The number of nitrogens with zero attached hydrogens (tertiary/aromatic N) is 2. The van der Waals surface area contributed by atoms with E-state index in [1.807, 2.05) is 60.2 Å². The maximum Gasteiger partial charge on any atom is 0.407 e. The Bertz CT molecular complexity index is 1550. The molecule has 0 atom stereocenters. The van der Waals surface area contributed by atoms with Gasteiger partial charge < -0.3 is 25.0 Å². The van der Waals surface area contributed by atoms with Gasteiger partial charge in [0.05, 0.1) is 5.56 Å². The number of aryl methyl sites for hydroxylation is 1. The van der Waals surface area contributed by atoms with Gasteiger partial charge in [-0.05, 0) is 74.7 Å². The Morgan fingerprint density at radius 2 is 1.85 bits per heavy atom. The Morgan fingerprint density at radius 3 is 2.58 bits per heavy atom. The molecule has 40 heavy (non-hydrogen) atoms. The lowest BCUT2D eigenvalue weighted by atomic mass is 9.96. The van der Waals surface area contributed by atoms with Crippen LogP contribution in [0.2, 0.25) is 0 Å². The van der Waals surface area contributed by atoms with E-state index in [0.717, 1.165) is 39.8 Å². The number of carbonyl (C=O) groups excluding carboxylic acids is 2. The number of fused-ring (bicyclic) bond motifs is 1. The fraction of sp³-hybridized carbons (Fsp3) is 0.290. The number of carboxylic acids is 1. The van der Waals surface area contributed by atoms with Crippen LogP contribution in [0.3, 0.4) is 0 Å². The van der Waals surface area contributed by atoms with Crippen molar-refractivity contribution in [3.63, 3.8) is 0 Å². The lowest BCUT2D eigenvalue weighted by molar-refractivity contribution is -0.116. The van der Waals surface area contributed by atoms with E-state index in [0.29, 0.717) is 17.7 Å². The SMILES string of the molecule is CCCc1cc(-c2cn(-c3cccc(NC(=O)CCNC(=O)OC(C)(C)C)c3)c3ncccc23)ccc1C(=O)O. The van der Waals surface area contributed by atoms with Crippen LogP contribution in [0.1, 0.15) is 56.5 Å². The lowest BCUT2D eigenvalue weighted by Crippen LogP contribution is -2.34. The standard InChI is InChI=1S/C31H34N4O5/c1-5-8-20-17-21(12-13-24(20)29(37)38)26-19-35(28-25(26)11-7-15-32-28)23-10-6-9-22(18-23)34-27(36)14-16-33-30(39)40-31(2,3)4/h6-7,9-13,15,17-19H,5,8,14,16H2,1-4H3,(H,33,39)(H,34,36)(H,37,38). The molecular formula is C31H34N4O5.